The molecule has 23 heavy (non-hydrogen) atoms. The molecular formula is C17H23NO4S. The molecular weight excluding hydrogens is 314 g/mol. The van der Waals surface area contributed by atoms with Gasteiger partial charge in [-0.05, 0) is 49.8 Å². The van der Waals surface area contributed by atoms with Gasteiger partial charge >= 0.3 is 5.97 Å². The number of nitrogens with zero attached hydrogens (tertiary/aromatic N) is 1. The summed E-state index contributed by atoms with van der Waals surface area (Å²) >= 11 is 0. The van der Waals surface area contributed by atoms with Gasteiger partial charge in [0.2, 0.25) is 10.0 Å². The summed E-state index contributed by atoms with van der Waals surface area (Å²) in [4.78, 5) is 11.9. The van der Waals surface area contributed by atoms with E-state index in [1.807, 2.05) is 0 Å². The third-order valence-corrected chi connectivity index (χ3v) is 6.97. The highest BCUT2D eigenvalue weighted by atomic mass is 32.2. The molecule has 2 aliphatic rings. The average Bonchev–Trinajstić information content (AvgIpc) is 2.60. The number of carbonyl (C=O) groups excluding carboxylic acids is 1. The van der Waals surface area contributed by atoms with Gasteiger partial charge in [-0.15, -0.1) is 0 Å². The molecule has 0 aromatic heterocycles. The summed E-state index contributed by atoms with van der Waals surface area (Å²) < 4.78 is 32.5. The molecule has 1 aromatic rings. The summed E-state index contributed by atoms with van der Waals surface area (Å²) in [5.74, 6) is -0.0349. The molecule has 1 aliphatic heterocycles. The first-order valence-electron chi connectivity index (χ1n) is 8.24. The summed E-state index contributed by atoms with van der Waals surface area (Å²) in [6.45, 7) is 0.575. The van der Waals surface area contributed by atoms with E-state index in [9.17, 15) is 13.2 Å². The van der Waals surface area contributed by atoms with Crippen LogP contribution in [0.3, 0.4) is 0 Å². The van der Waals surface area contributed by atoms with Gasteiger partial charge < -0.3 is 4.74 Å². The van der Waals surface area contributed by atoms with Crippen LogP contribution in [0.2, 0.25) is 0 Å². The van der Waals surface area contributed by atoms with Crippen molar-refractivity contribution in [3.63, 3.8) is 0 Å². The van der Waals surface area contributed by atoms with Crippen LogP contribution in [0.1, 0.15) is 48.9 Å². The average molecular weight is 337 g/mol. The summed E-state index contributed by atoms with van der Waals surface area (Å²) in [6.07, 6.45) is 6.40. The second-order valence-electron chi connectivity index (χ2n) is 6.39. The van der Waals surface area contributed by atoms with E-state index in [4.69, 9.17) is 0 Å². The van der Waals surface area contributed by atoms with Crippen molar-refractivity contribution in [1.82, 2.24) is 4.31 Å². The highest BCUT2D eigenvalue weighted by Crippen LogP contribution is 2.38. The first kappa shape index (κ1) is 16.5. The number of esters is 1. The SMILES string of the molecule is COC(=O)c1cccc(S(=O)(=O)N2CCCC3CCCCC32)c1. The molecule has 0 radical (unpaired) electrons. The minimum atomic E-state index is -3.57. The number of sulfonamides is 1. The number of ether oxygens (including phenoxy) is 1. The second-order valence-corrected chi connectivity index (χ2v) is 8.28. The maximum Gasteiger partial charge on any atom is 0.337 e. The molecule has 0 N–H and O–H groups in total. The van der Waals surface area contributed by atoms with Crippen LogP contribution in [0.25, 0.3) is 0 Å². The number of benzene rings is 1. The zero-order chi connectivity index (χ0) is 16.4. The topological polar surface area (TPSA) is 63.7 Å². The van der Waals surface area contributed by atoms with Crippen LogP contribution in [-0.2, 0) is 14.8 Å². The smallest absolute Gasteiger partial charge is 0.337 e. The fourth-order valence-corrected chi connectivity index (χ4v) is 5.71. The molecule has 5 nitrogen and oxygen atoms in total. The molecule has 3 rings (SSSR count). The predicted molar refractivity (Wildman–Crippen MR) is 86.7 cm³/mol. The number of fused-ring (bicyclic) bond motifs is 1. The van der Waals surface area contributed by atoms with Crippen molar-refractivity contribution in [1.29, 1.82) is 0 Å². The Labute approximate surface area is 137 Å². The van der Waals surface area contributed by atoms with E-state index in [1.54, 1.807) is 22.5 Å². The van der Waals surface area contributed by atoms with Crippen LogP contribution < -0.4 is 0 Å². The van der Waals surface area contributed by atoms with Crippen LogP contribution in [0.4, 0.5) is 0 Å². The van der Waals surface area contributed by atoms with Gasteiger partial charge in [-0.2, -0.15) is 4.31 Å². The Morgan fingerprint density at radius 2 is 1.91 bits per heavy atom. The maximum atomic E-state index is 13.1. The lowest BCUT2D eigenvalue weighted by Gasteiger charge is -2.43. The van der Waals surface area contributed by atoms with Crippen molar-refractivity contribution in [3.05, 3.63) is 29.8 Å². The number of hydrogen-bond donors (Lipinski definition) is 0. The summed E-state index contributed by atoms with van der Waals surface area (Å²) in [5, 5.41) is 0. The number of carbonyl (C=O) groups is 1. The second kappa shape index (κ2) is 6.61. The van der Waals surface area contributed by atoms with Crippen molar-refractivity contribution < 1.29 is 17.9 Å². The quantitative estimate of drug-likeness (QED) is 0.796. The molecule has 6 heteroatoms. The summed E-state index contributed by atoms with van der Waals surface area (Å²) in [7, 11) is -2.28. The van der Waals surface area contributed by atoms with E-state index in [-0.39, 0.29) is 16.5 Å². The molecule has 2 atom stereocenters. The van der Waals surface area contributed by atoms with Crippen molar-refractivity contribution in [2.24, 2.45) is 5.92 Å². The van der Waals surface area contributed by atoms with E-state index in [0.717, 1.165) is 32.1 Å². The van der Waals surface area contributed by atoms with Crippen LogP contribution >= 0.6 is 0 Å². The number of hydrogen-bond acceptors (Lipinski definition) is 4. The van der Waals surface area contributed by atoms with Gasteiger partial charge in [0, 0.05) is 12.6 Å². The van der Waals surface area contributed by atoms with Crippen LogP contribution in [0, 0.1) is 5.92 Å². The molecule has 0 spiro atoms. The predicted octanol–water partition coefficient (Wildman–Crippen LogP) is 2.82. The third kappa shape index (κ3) is 3.15. The van der Waals surface area contributed by atoms with Crippen LogP contribution in [0.5, 0.6) is 0 Å². The monoisotopic (exact) mass is 337 g/mol. The minimum absolute atomic E-state index is 0.115. The maximum absolute atomic E-state index is 13.1. The number of methoxy groups -OCH3 is 1. The van der Waals surface area contributed by atoms with Gasteiger partial charge in [-0.1, -0.05) is 18.9 Å². The molecule has 1 heterocycles. The first-order chi connectivity index (χ1) is 11.0. The van der Waals surface area contributed by atoms with Gasteiger partial charge in [0.15, 0.2) is 0 Å². The lowest BCUT2D eigenvalue weighted by molar-refractivity contribution is 0.0600. The lowest BCUT2D eigenvalue weighted by Crippen LogP contribution is -2.49. The largest absolute Gasteiger partial charge is 0.465 e. The Morgan fingerprint density at radius 3 is 2.70 bits per heavy atom. The first-order valence-corrected chi connectivity index (χ1v) is 9.68. The van der Waals surface area contributed by atoms with Gasteiger partial charge in [0.1, 0.15) is 0 Å². The van der Waals surface area contributed by atoms with Crippen molar-refractivity contribution in [3.8, 4) is 0 Å². The van der Waals surface area contributed by atoms with Gasteiger partial charge in [-0.25, -0.2) is 13.2 Å². The fourth-order valence-electron chi connectivity index (χ4n) is 3.91. The van der Waals surface area contributed by atoms with E-state index in [0.29, 0.717) is 12.5 Å². The Hall–Kier alpha value is -1.40. The van der Waals surface area contributed by atoms with Crippen molar-refractivity contribution in [2.45, 2.75) is 49.5 Å². The molecule has 1 saturated heterocycles. The summed E-state index contributed by atoms with van der Waals surface area (Å²) in [6, 6.07) is 6.28. The van der Waals surface area contributed by atoms with Crippen LogP contribution in [0.15, 0.2) is 29.2 Å². The molecule has 2 fully saturated rings. The Kier molecular flexibility index (Phi) is 4.73. The fraction of sp³-hybridized carbons (Fsp3) is 0.588. The Bertz CT molecular complexity index is 684. The number of piperidine rings is 1. The zero-order valence-electron chi connectivity index (χ0n) is 13.4. The molecule has 126 valence electrons. The highest BCUT2D eigenvalue weighted by molar-refractivity contribution is 7.89. The van der Waals surface area contributed by atoms with E-state index in [1.165, 1.54) is 19.6 Å². The normalized spacial score (nSPS) is 25.6. The number of rotatable bonds is 3. The lowest BCUT2D eigenvalue weighted by atomic mass is 9.79. The molecule has 2 unspecified atom stereocenters. The van der Waals surface area contributed by atoms with Gasteiger partial charge in [-0.3, -0.25) is 0 Å². The van der Waals surface area contributed by atoms with Gasteiger partial charge in [0.25, 0.3) is 0 Å². The Balaban J connectivity index is 1.93. The van der Waals surface area contributed by atoms with Crippen molar-refractivity contribution >= 4 is 16.0 Å². The zero-order valence-corrected chi connectivity index (χ0v) is 14.2. The third-order valence-electron chi connectivity index (χ3n) is 5.05. The minimum Gasteiger partial charge on any atom is -0.465 e. The highest BCUT2D eigenvalue weighted by Gasteiger charge is 2.40. The van der Waals surface area contributed by atoms with E-state index < -0.39 is 16.0 Å². The standard InChI is InChI=1S/C17H23NO4S/c1-22-17(19)14-7-4-9-15(12-14)23(20,21)18-11-5-8-13-6-2-3-10-16(13)18/h4,7,9,12-13,16H,2-3,5-6,8,10-11H2,1H3. The Morgan fingerprint density at radius 1 is 1.17 bits per heavy atom. The molecule has 0 bridgehead atoms. The van der Waals surface area contributed by atoms with Crippen molar-refractivity contribution in [2.75, 3.05) is 13.7 Å². The van der Waals surface area contributed by atoms with Gasteiger partial charge in [0.05, 0.1) is 17.6 Å². The van der Waals surface area contributed by atoms with E-state index in [2.05, 4.69) is 4.74 Å². The molecule has 0 amide bonds. The van der Waals surface area contributed by atoms with Crippen LogP contribution in [-0.4, -0.2) is 38.4 Å². The molecule has 1 aliphatic carbocycles. The molecule has 1 saturated carbocycles. The molecule has 1 aromatic carbocycles. The summed E-state index contributed by atoms with van der Waals surface area (Å²) in [5.41, 5.74) is 0.269. The van der Waals surface area contributed by atoms with E-state index >= 15 is 0 Å².